The van der Waals surface area contributed by atoms with Crippen LogP contribution in [-0.2, 0) is 26.1 Å². The summed E-state index contributed by atoms with van der Waals surface area (Å²) in [7, 11) is 0. The molecule has 3 nitrogen and oxygen atoms in total. The Morgan fingerprint density at radius 2 is 1.84 bits per heavy atom. The molecule has 0 saturated heterocycles. The van der Waals surface area contributed by atoms with Crippen molar-refractivity contribution in [1.82, 2.24) is 14.7 Å². The molecule has 4 rings (SSSR count). The van der Waals surface area contributed by atoms with Gasteiger partial charge in [0.1, 0.15) is 11.6 Å². The number of benzene rings is 2. The summed E-state index contributed by atoms with van der Waals surface area (Å²) in [5, 5.41) is 4.42. The minimum atomic E-state index is -0.507. The molecule has 128 valence electrons. The highest BCUT2D eigenvalue weighted by Crippen LogP contribution is 2.24. The van der Waals surface area contributed by atoms with Gasteiger partial charge in [0.15, 0.2) is 0 Å². The summed E-state index contributed by atoms with van der Waals surface area (Å²) in [4.78, 5) is 2.21. The smallest absolute Gasteiger partial charge is 0.129 e. The van der Waals surface area contributed by atoms with Crippen molar-refractivity contribution in [2.75, 3.05) is 6.54 Å². The second kappa shape index (κ2) is 6.76. The zero-order valence-electron chi connectivity index (χ0n) is 13.8. The Hall–Kier alpha value is -2.53. The Morgan fingerprint density at radius 1 is 1.00 bits per heavy atom. The lowest BCUT2D eigenvalue weighted by Gasteiger charge is -2.29. The Morgan fingerprint density at radius 3 is 2.68 bits per heavy atom. The van der Waals surface area contributed by atoms with Crippen molar-refractivity contribution in [1.29, 1.82) is 0 Å². The third-order valence-corrected chi connectivity index (χ3v) is 4.69. The summed E-state index contributed by atoms with van der Waals surface area (Å²) in [5.41, 5.74) is 3.69. The first-order valence-corrected chi connectivity index (χ1v) is 8.43. The Bertz CT molecular complexity index is 874. The molecule has 0 radical (unpaired) electrons. The van der Waals surface area contributed by atoms with Crippen LogP contribution in [-0.4, -0.2) is 21.2 Å². The number of halogens is 2. The normalized spacial score (nSPS) is 14.5. The van der Waals surface area contributed by atoms with Crippen molar-refractivity contribution in [2.24, 2.45) is 0 Å². The third kappa shape index (κ3) is 3.46. The number of hydrogen-bond donors (Lipinski definition) is 0. The molecule has 0 amide bonds. The molecule has 25 heavy (non-hydrogen) atoms. The van der Waals surface area contributed by atoms with Crippen LogP contribution in [0.5, 0.6) is 0 Å². The molecule has 1 aliphatic rings. The standard InChI is InChI=1S/C20H19F2N3/c21-17-10-16-13-24(9-7-19(16)20(22)11-17)14-18-6-8-23-25(18)12-15-4-2-1-3-5-15/h1-6,8,10-11H,7,9,12-14H2. The highest BCUT2D eigenvalue weighted by Gasteiger charge is 2.21. The summed E-state index contributed by atoms with van der Waals surface area (Å²) in [6.07, 6.45) is 2.41. The van der Waals surface area contributed by atoms with Gasteiger partial charge in [-0.3, -0.25) is 9.58 Å². The average molecular weight is 339 g/mol. The van der Waals surface area contributed by atoms with Crippen molar-refractivity contribution < 1.29 is 8.78 Å². The minimum absolute atomic E-state index is 0.427. The topological polar surface area (TPSA) is 21.1 Å². The maximum atomic E-state index is 13.9. The molecule has 1 aliphatic heterocycles. The van der Waals surface area contributed by atoms with E-state index in [0.29, 0.717) is 25.1 Å². The van der Waals surface area contributed by atoms with E-state index in [9.17, 15) is 8.78 Å². The average Bonchev–Trinajstić information content (AvgIpc) is 3.02. The molecule has 0 saturated carbocycles. The highest BCUT2D eigenvalue weighted by molar-refractivity contribution is 5.31. The molecule has 3 aromatic rings. The van der Waals surface area contributed by atoms with E-state index >= 15 is 0 Å². The monoisotopic (exact) mass is 339 g/mol. The number of fused-ring (bicyclic) bond motifs is 1. The molecule has 2 aromatic carbocycles. The van der Waals surface area contributed by atoms with Gasteiger partial charge in [-0.2, -0.15) is 5.10 Å². The molecule has 0 aliphatic carbocycles. The lowest BCUT2D eigenvalue weighted by atomic mass is 9.99. The maximum Gasteiger partial charge on any atom is 0.129 e. The van der Waals surface area contributed by atoms with Crippen molar-refractivity contribution >= 4 is 0 Å². The maximum absolute atomic E-state index is 13.9. The van der Waals surface area contributed by atoms with Gasteiger partial charge in [0.25, 0.3) is 0 Å². The molecule has 0 unspecified atom stereocenters. The van der Waals surface area contributed by atoms with Crippen LogP contribution in [0.25, 0.3) is 0 Å². The summed E-state index contributed by atoms with van der Waals surface area (Å²) >= 11 is 0. The Labute approximate surface area is 145 Å². The predicted octanol–water partition coefficient (Wildman–Crippen LogP) is 3.77. The summed E-state index contributed by atoms with van der Waals surface area (Å²) in [6.45, 7) is 2.74. The number of hydrogen-bond acceptors (Lipinski definition) is 2. The van der Waals surface area contributed by atoms with Crippen LogP contribution in [0.4, 0.5) is 8.78 Å². The van der Waals surface area contributed by atoms with E-state index in [4.69, 9.17) is 0 Å². The zero-order chi connectivity index (χ0) is 17.2. The van der Waals surface area contributed by atoms with Crippen molar-refractivity contribution in [3.8, 4) is 0 Å². The van der Waals surface area contributed by atoms with Crippen LogP contribution < -0.4 is 0 Å². The fourth-order valence-corrected chi connectivity index (χ4v) is 3.42. The first-order valence-electron chi connectivity index (χ1n) is 8.43. The van der Waals surface area contributed by atoms with Crippen LogP contribution in [0.1, 0.15) is 22.4 Å². The number of aromatic nitrogens is 2. The van der Waals surface area contributed by atoms with E-state index in [0.717, 1.165) is 30.4 Å². The van der Waals surface area contributed by atoms with E-state index in [1.807, 2.05) is 28.9 Å². The molecular weight excluding hydrogens is 320 g/mol. The van der Waals surface area contributed by atoms with E-state index in [1.54, 1.807) is 6.20 Å². The van der Waals surface area contributed by atoms with Crippen molar-refractivity contribution in [2.45, 2.75) is 26.1 Å². The largest absolute Gasteiger partial charge is 0.293 e. The molecular formula is C20H19F2N3. The van der Waals surface area contributed by atoms with Crippen molar-refractivity contribution in [3.63, 3.8) is 0 Å². The van der Waals surface area contributed by atoms with Crippen LogP contribution in [0.2, 0.25) is 0 Å². The zero-order valence-corrected chi connectivity index (χ0v) is 13.8. The molecule has 5 heteroatoms. The van der Waals surface area contributed by atoms with Gasteiger partial charge < -0.3 is 0 Å². The minimum Gasteiger partial charge on any atom is -0.293 e. The van der Waals surface area contributed by atoms with E-state index < -0.39 is 11.6 Å². The molecule has 0 fully saturated rings. The summed E-state index contributed by atoms with van der Waals surface area (Å²) in [6, 6.07) is 14.6. The van der Waals surface area contributed by atoms with E-state index in [2.05, 4.69) is 22.1 Å². The first-order chi connectivity index (χ1) is 12.2. The van der Waals surface area contributed by atoms with Gasteiger partial charge in [0.2, 0.25) is 0 Å². The molecule has 2 heterocycles. The predicted molar refractivity (Wildman–Crippen MR) is 91.9 cm³/mol. The SMILES string of the molecule is Fc1cc(F)c2c(c1)CN(Cc1ccnn1Cc1ccccc1)CC2. The summed E-state index contributed by atoms with van der Waals surface area (Å²) in [5.74, 6) is -0.934. The molecule has 0 spiro atoms. The second-order valence-corrected chi connectivity index (χ2v) is 6.45. The van der Waals surface area contributed by atoms with Crippen LogP contribution in [0.15, 0.2) is 54.7 Å². The quantitative estimate of drug-likeness (QED) is 0.721. The molecule has 0 bridgehead atoms. The fraction of sp³-hybridized carbons (Fsp3) is 0.250. The van der Waals surface area contributed by atoms with Crippen LogP contribution >= 0.6 is 0 Å². The third-order valence-electron chi connectivity index (χ3n) is 4.69. The lowest BCUT2D eigenvalue weighted by Crippen LogP contribution is -2.31. The number of nitrogens with zero attached hydrogens (tertiary/aromatic N) is 3. The van der Waals surface area contributed by atoms with Gasteiger partial charge in [-0.15, -0.1) is 0 Å². The summed E-state index contributed by atoms with van der Waals surface area (Å²) < 4.78 is 29.3. The molecule has 0 N–H and O–H groups in total. The molecule has 0 atom stereocenters. The van der Waals surface area contributed by atoms with Gasteiger partial charge in [-0.25, -0.2) is 8.78 Å². The lowest BCUT2D eigenvalue weighted by molar-refractivity contribution is 0.235. The highest BCUT2D eigenvalue weighted by atomic mass is 19.1. The molecule has 1 aromatic heterocycles. The Kier molecular flexibility index (Phi) is 4.32. The second-order valence-electron chi connectivity index (χ2n) is 6.45. The first kappa shape index (κ1) is 16.0. The van der Waals surface area contributed by atoms with Crippen LogP contribution in [0.3, 0.4) is 0 Å². The van der Waals surface area contributed by atoms with Gasteiger partial charge in [0.05, 0.1) is 12.2 Å². The van der Waals surface area contributed by atoms with E-state index in [1.165, 1.54) is 11.6 Å². The van der Waals surface area contributed by atoms with Crippen molar-refractivity contribution in [3.05, 3.63) is 88.7 Å². The number of rotatable bonds is 4. The van der Waals surface area contributed by atoms with Gasteiger partial charge in [-0.1, -0.05) is 30.3 Å². The van der Waals surface area contributed by atoms with Gasteiger partial charge >= 0.3 is 0 Å². The van der Waals surface area contributed by atoms with Crippen LogP contribution in [0, 0.1) is 11.6 Å². The van der Waals surface area contributed by atoms with Gasteiger partial charge in [0, 0.05) is 31.9 Å². The van der Waals surface area contributed by atoms with E-state index in [-0.39, 0.29) is 0 Å². The Balaban J connectivity index is 1.49. The van der Waals surface area contributed by atoms with Gasteiger partial charge in [-0.05, 0) is 35.2 Å². The fourth-order valence-electron chi connectivity index (χ4n) is 3.42.